The largest absolute Gasteiger partial charge is 0.489 e. The maximum atomic E-state index is 13.7. The second-order valence-corrected chi connectivity index (χ2v) is 10.9. The zero-order valence-electron chi connectivity index (χ0n) is 23.5. The molecule has 11 heteroatoms. The fourth-order valence-corrected chi connectivity index (χ4v) is 5.39. The Labute approximate surface area is 242 Å². The average Bonchev–Trinajstić information content (AvgIpc) is 3.38. The van der Waals surface area contributed by atoms with Crippen LogP contribution in [0, 0.1) is 11.6 Å². The summed E-state index contributed by atoms with van der Waals surface area (Å²) in [5, 5.41) is 14.5. The monoisotopic (exact) mass is 576 g/mol. The molecule has 0 bridgehead atoms. The molecule has 2 aliphatic heterocycles. The van der Waals surface area contributed by atoms with E-state index >= 15 is 0 Å². The molecular weight excluding hydrogens is 542 g/mol. The highest BCUT2D eigenvalue weighted by atomic mass is 19.1. The topological polar surface area (TPSA) is 94.8 Å². The van der Waals surface area contributed by atoms with Crippen LogP contribution >= 0.6 is 0 Å². The average molecular weight is 577 g/mol. The molecule has 3 heterocycles. The highest BCUT2D eigenvalue weighted by molar-refractivity contribution is 6.11. The summed E-state index contributed by atoms with van der Waals surface area (Å²) in [6, 6.07) is 14.7. The number of H-pyrrole nitrogens is 1. The van der Waals surface area contributed by atoms with Gasteiger partial charge in [0.25, 0.3) is 5.91 Å². The van der Waals surface area contributed by atoms with Crippen molar-refractivity contribution >= 4 is 34.0 Å². The smallest absolute Gasteiger partial charge is 0.258 e. The molecule has 6 rings (SSSR count). The van der Waals surface area contributed by atoms with Gasteiger partial charge in [0, 0.05) is 68.3 Å². The minimum atomic E-state index is -0.661. The number of halogens is 2. The summed E-state index contributed by atoms with van der Waals surface area (Å²) in [4.78, 5) is 18.3. The number of carbonyl (C=O) groups excluding carboxylic acids is 1. The Balaban J connectivity index is 1.22. The van der Waals surface area contributed by atoms with Crippen LogP contribution in [0.5, 0.6) is 5.75 Å². The molecule has 0 spiro atoms. The van der Waals surface area contributed by atoms with Crippen molar-refractivity contribution in [2.24, 2.45) is 0 Å². The lowest BCUT2D eigenvalue weighted by atomic mass is 10.1. The molecule has 2 aliphatic rings. The first-order valence-corrected chi connectivity index (χ1v) is 14.2. The van der Waals surface area contributed by atoms with Gasteiger partial charge < -0.3 is 29.9 Å². The minimum Gasteiger partial charge on any atom is -0.489 e. The molecule has 1 amide bonds. The van der Waals surface area contributed by atoms with Gasteiger partial charge >= 0.3 is 0 Å². The van der Waals surface area contributed by atoms with E-state index in [1.54, 1.807) is 18.2 Å². The van der Waals surface area contributed by atoms with Gasteiger partial charge in [0.05, 0.1) is 11.1 Å². The number of benzene rings is 3. The quantitative estimate of drug-likeness (QED) is 0.271. The first kappa shape index (κ1) is 27.9. The van der Waals surface area contributed by atoms with E-state index in [1.807, 2.05) is 12.1 Å². The van der Waals surface area contributed by atoms with Crippen LogP contribution in [0.15, 0.2) is 54.6 Å². The summed E-state index contributed by atoms with van der Waals surface area (Å²) in [7, 11) is 2.13. The molecule has 0 saturated carbocycles. The zero-order valence-corrected chi connectivity index (χ0v) is 23.5. The van der Waals surface area contributed by atoms with Crippen LogP contribution in [0.4, 0.5) is 26.0 Å². The molecule has 3 aromatic carbocycles. The maximum Gasteiger partial charge on any atom is 0.258 e. The van der Waals surface area contributed by atoms with Gasteiger partial charge in [0.15, 0.2) is 5.82 Å². The summed E-state index contributed by atoms with van der Waals surface area (Å²) in [6.45, 7) is 5.20. The molecular formula is C31H34F2N6O3. The van der Waals surface area contributed by atoms with Crippen molar-refractivity contribution in [1.82, 2.24) is 15.1 Å². The van der Waals surface area contributed by atoms with E-state index in [-0.39, 0.29) is 18.6 Å². The zero-order chi connectivity index (χ0) is 29.1. The number of nitrogens with zero attached hydrogens (tertiary/aromatic N) is 3. The van der Waals surface area contributed by atoms with Crippen molar-refractivity contribution in [3.8, 4) is 5.75 Å². The molecule has 1 aromatic heterocycles. The van der Waals surface area contributed by atoms with Gasteiger partial charge in [-0.25, -0.2) is 8.78 Å². The van der Waals surface area contributed by atoms with Gasteiger partial charge in [-0.15, -0.1) is 0 Å². The summed E-state index contributed by atoms with van der Waals surface area (Å²) in [6.07, 6.45) is 1.74. The summed E-state index contributed by atoms with van der Waals surface area (Å²) in [5.74, 6) is -0.776. The number of ether oxygens (including phenoxy) is 2. The van der Waals surface area contributed by atoms with Gasteiger partial charge in [-0.3, -0.25) is 9.89 Å². The number of rotatable bonds is 8. The van der Waals surface area contributed by atoms with E-state index in [9.17, 15) is 13.6 Å². The molecule has 0 aliphatic carbocycles. The van der Waals surface area contributed by atoms with Crippen molar-refractivity contribution in [3.63, 3.8) is 0 Å². The number of anilines is 3. The number of hydrogen-bond donors (Lipinski definition) is 3. The number of nitrogens with one attached hydrogen (secondary N) is 3. The van der Waals surface area contributed by atoms with Crippen molar-refractivity contribution in [2.45, 2.75) is 25.5 Å². The van der Waals surface area contributed by atoms with Gasteiger partial charge in [0.1, 0.15) is 24.0 Å². The number of amides is 1. The molecule has 42 heavy (non-hydrogen) atoms. The first-order chi connectivity index (χ1) is 20.4. The Morgan fingerprint density at radius 1 is 1.02 bits per heavy atom. The van der Waals surface area contributed by atoms with E-state index in [0.717, 1.165) is 56.5 Å². The third kappa shape index (κ3) is 6.47. The predicted molar refractivity (Wildman–Crippen MR) is 158 cm³/mol. The van der Waals surface area contributed by atoms with Gasteiger partial charge in [0.2, 0.25) is 0 Å². The van der Waals surface area contributed by atoms with Gasteiger partial charge in [-0.2, -0.15) is 5.10 Å². The fraction of sp³-hybridized carbons (Fsp3) is 0.355. The first-order valence-electron chi connectivity index (χ1n) is 14.2. The number of hydrogen-bond acceptors (Lipinski definition) is 7. The molecule has 0 unspecified atom stereocenters. The Hall–Kier alpha value is -4.22. The summed E-state index contributed by atoms with van der Waals surface area (Å²) in [5.41, 5.74) is 3.47. The SMILES string of the molecule is CN1CCN(c2ccc(C(=O)Nc3n[nH]c4ccc(OCc5cc(F)cc(F)c5)cc34)c(NC3CCOCC3)c2)CC1. The number of fused-ring (bicyclic) bond motifs is 1. The van der Waals surface area contributed by atoms with Crippen LogP contribution in [0.1, 0.15) is 28.8 Å². The number of aromatic amines is 1. The lowest BCUT2D eigenvalue weighted by Crippen LogP contribution is -2.44. The molecule has 2 saturated heterocycles. The van der Waals surface area contributed by atoms with Crippen LogP contribution in [-0.4, -0.2) is 73.5 Å². The van der Waals surface area contributed by atoms with Crippen molar-refractivity contribution in [2.75, 3.05) is 62.0 Å². The van der Waals surface area contributed by atoms with Crippen LogP contribution in [-0.2, 0) is 11.3 Å². The predicted octanol–water partition coefficient (Wildman–Crippen LogP) is 5.02. The standard InChI is InChI=1S/C31H34F2N6O3/c1-38-8-10-39(11-9-38)24-2-4-26(29(17-24)34-23-6-12-41-13-7-23)31(40)35-30-27-18-25(3-5-28(27)36-37-30)42-19-20-14-21(32)16-22(33)15-20/h2-5,14-18,23,34H,6-13,19H2,1H3,(H2,35,36,37,40). The van der Waals surface area contributed by atoms with E-state index < -0.39 is 11.6 Å². The lowest BCUT2D eigenvalue weighted by Gasteiger charge is -2.34. The van der Waals surface area contributed by atoms with E-state index in [2.05, 4.69) is 43.7 Å². The molecule has 2 fully saturated rings. The summed E-state index contributed by atoms with van der Waals surface area (Å²) >= 11 is 0. The Bertz CT molecular complexity index is 1540. The van der Waals surface area contributed by atoms with E-state index in [4.69, 9.17) is 9.47 Å². The highest BCUT2D eigenvalue weighted by Crippen LogP contribution is 2.30. The van der Waals surface area contributed by atoms with E-state index in [0.29, 0.717) is 46.8 Å². The van der Waals surface area contributed by atoms with Crippen LogP contribution < -0.4 is 20.3 Å². The van der Waals surface area contributed by atoms with Crippen molar-refractivity contribution in [1.29, 1.82) is 0 Å². The number of aromatic nitrogens is 2. The molecule has 3 N–H and O–H groups in total. The third-order valence-corrected chi connectivity index (χ3v) is 7.79. The van der Waals surface area contributed by atoms with E-state index in [1.165, 1.54) is 12.1 Å². The molecule has 4 aromatic rings. The van der Waals surface area contributed by atoms with Crippen LogP contribution in [0.25, 0.3) is 10.9 Å². The van der Waals surface area contributed by atoms with Gasteiger partial charge in [-0.05, 0) is 74.0 Å². The lowest BCUT2D eigenvalue weighted by molar-refractivity contribution is 0.0904. The fourth-order valence-electron chi connectivity index (χ4n) is 5.39. The number of piperazine rings is 1. The molecule has 220 valence electrons. The third-order valence-electron chi connectivity index (χ3n) is 7.79. The second kappa shape index (κ2) is 12.3. The minimum absolute atomic E-state index is 0.0133. The Kier molecular flexibility index (Phi) is 8.20. The Morgan fingerprint density at radius 3 is 2.55 bits per heavy atom. The summed E-state index contributed by atoms with van der Waals surface area (Å²) < 4.78 is 38.4. The Morgan fingerprint density at radius 2 is 1.79 bits per heavy atom. The van der Waals surface area contributed by atoms with Crippen molar-refractivity contribution in [3.05, 3.63) is 77.4 Å². The number of likely N-dealkylation sites (N-methyl/N-ethyl adjacent to an activating group) is 1. The second-order valence-electron chi connectivity index (χ2n) is 10.9. The van der Waals surface area contributed by atoms with Gasteiger partial charge in [-0.1, -0.05) is 0 Å². The molecule has 9 nitrogen and oxygen atoms in total. The highest BCUT2D eigenvalue weighted by Gasteiger charge is 2.22. The maximum absolute atomic E-state index is 13.7. The molecule has 0 atom stereocenters. The van der Waals surface area contributed by atoms with Crippen molar-refractivity contribution < 1.29 is 23.0 Å². The van der Waals surface area contributed by atoms with Crippen LogP contribution in [0.2, 0.25) is 0 Å². The number of carbonyl (C=O) groups is 1. The normalized spacial score (nSPS) is 16.5. The molecule has 0 radical (unpaired) electrons. The van der Waals surface area contributed by atoms with Crippen LogP contribution in [0.3, 0.4) is 0 Å².